The van der Waals surface area contributed by atoms with E-state index in [1.54, 1.807) is 6.20 Å². The van der Waals surface area contributed by atoms with Crippen molar-refractivity contribution < 1.29 is 4.79 Å². The van der Waals surface area contributed by atoms with Gasteiger partial charge in [0.2, 0.25) is 5.95 Å². The number of nitrogens with two attached hydrogens (primary N) is 1. The topological polar surface area (TPSA) is 87.4 Å². The lowest BCUT2D eigenvalue weighted by atomic mass is 9.96. The Morgan fingerprint density at radius 2 is 1.81 bits per heavy atom. The number of carbonyl (C=O) groups excluding carboxylic acids is 1. The van der Waals surface area contributed by atoms with E-state index in [-0.39, 0.29) is 17.9 Å². The number of benzene rings is 3. The van der Waals surface area contributed by atoms with E-state index < -0.39 is 0 Å². The maximum Gasteiger partial charge on any atom is 0.251 e. The first-order valence-corrected chi connectivity index (χ1v) is 12.4. The first-order chi connectivity index (χ1) is 17.5. The van der Waals surface area contributed by atoms with Crippen LogP contribution >= 0.6 is 0 Å². The molecular weight excluding hydrogens is 448 g/mol. The van der Waals surface area contributed by atoms with Crippen LogP contribution in [0.4, 0.5) is 5.95 Å². The quantitative estimate of drug-likeness (QED) is 0.435. The summed E-state index contributed by atoms with van der Waals surface area (Å²) in [5.74, 6) is 0.186. The fourth-order valence-electron chi connectivity index (χ4n) is 4.74. The standard InChI is InChI=1S/C29H32N6O/c1-20-8-9-23(17-25(20)22-10-11-26-24(16-22)18-31-29(30)33-26)28(36)32-27(21-6-4-3-5-7-21)19-35-14-12-34(2)13-15-35/h3-11,16-18,27H,12-15,19H2,1-2H3,(H,32,36)(H2,30,31,33). The summed E-state index contributed by atoms with van der Waals surface area (Å²) in [4.78, 5) is 26.7. The maximum absolute atomic E-state index is 13.5. The van der Waals surface area contributed by atoms with Crippen LogP contribution in [0.15, 0.2) is 72.9 Å². The zero-order valence-electron chi connectivity index (χ0n) is 20.8. The molecule has 7 nitrogen and oxygen atoms in total. The first-order valence-electron chi connectivity index (χ1n) is 12.4. The molecule has 0 saturated carbocycles. The monoisotopic (exact) mass is 480 g/mol. The van der Waals surface area contributed by atoms with E-state index in [9.17, 15) is 4.79 Å². The molecule has 4 aromatic rings. The predicted molar refractivity (Wildman–Crippen MR) is 145 cm³/mol. The Labute approximate surface area is 212 Å². The molecule has 1 fully saturated rings. The number of anilines is 1. The summed E-state index contributed by atoms with van der Waals surface area (Å²) in [5, 5.41) is 4.22. The van der Waals surface area contributed by atoms with E-state index in [1.165, 1.54) is 0 Å². The van der Waals surface area contributed by atoms with Crippen LogP contribution in [0.3, 0.4) is 0 Å². The normalized spacial score (nSPS) is 15.6. The number of fused-ring (bicyclic) bond motifs is 1. The number of nitrogens with zero attached hydrogens (tertiary/aromatic N) is 4. The van der Waals surface area contributed by atoms with Gasteiger partial charge in [-0.1, -0.05) is 42.5 Å². The molecule has 0 spiro atoms. The highest BCUT2D eigenvalue weighted by atomic mass is 16.1. The number of hydrogen-bond acceptors (Lipinski definition) is 6. The van der Waals surface area contributed by atoms with Crippen molar-refractivity contribution in [3.63, 3.8) is 0 Å². The molecule has 1 unspecified atom stereocenters. The van der Waals surface area contributed by atoms with E-state index >= 15 is 0 Å². The Balaban J connectivity index is 1.40. The minimum atomic E-state index is -0.0878. The maximum atomic E-state index is 13.5. The average Bonchev–Trinajstić information content (AvgIpc) is 2.90. The third-order valence-electron chi connectivity index (χ3n) is 6.95. The third kappa shape index (κ3) is 5.37. The van der Waals surface area contributed by atoms with E-state index in [4.69, 9.17) is 5.73 Å². The van der Waals surface area contributed by atoms with Crippen molar-refractivity contribution in [1.29, 1.82) is 0 Å². The summed E-state index contributed by atoms with van der Waals surface area (Å²) >= 11 is 0. The second-order valence-corrected chi connectivity index (χ2v) is 9.57. The average molecular weight is 481 g/mol. The van der Waals surface area contributed by atoms with Crippen molar-refractivity contribution in [3.05, 3.63) is 89.6 Å². The SMILES string of the molecule is Cc1ccc(C(=O)NC(CN2CCN(C)CC2)c2ccccc2)cc1-c1ccc2nc(N)ncc2c1. The molecule has 1 saturated heterocycles. The summed E-state index contributed by atoms with van der Waals surface area (Å²) < 4.78 is 0. The number of rotatable bonds is 6. The van der Waals surface area contributed by atoms with Gasteiger partial charge in [-0.2, -0.15) is 0 Å². The lowest BCUT2D eigenvalue weighted by molar-refractivity contribution is 0.0907. The molecule has 0 aliphatic carbocycles. The van der Waals surface area contributed by atoms with Crippen molar-refractivity contribution in [2.45, 2.75) is 13.0 Å². The first kappa shape index (κ1) is 23.9. The van der Waals surface area contributed by atoms with Gasteiger partial charge in [0.1, 0.15) is 0 Å². The fraction of sp³-hybridized carbons (Fsp3) is 0.276. The number of likely N-dealkylation sites (N-methyl/N-ethyl adjacent to an activating group) is 1. The van der Waals surface area contributed by atoms with Crippen molar-refractivity contribution in [3.8, 4) is 11.1 Å². The number of piperazine rings is 1. The van der Waals surface area contributed by atoms with Gasteiger partial charge in [-0.15, -0.1) is 0 Å². The number of aryl methyl sites for hydroxylation is 1. The summed E-state index contributed by atoms with van der Waals surface area (Å²) in [6.07, 6.45) is 1.73. The Bertz CT molecular complexity index is 1370. The number of aromatic nitrogens is 2. The van der Waals surface area contributed by atoms with Gasteiger partial charge in [0.05, 0.1) is 11.6 Å². The van der Waals surface area contributed by atoms with Gasteiger partial charge in [-0.05, 0) is 60.5 Å². The van der Waals surface area contributed by atoms with Crippen LogP contribution in [0.5, 0.6) is 0 Å². The minimum absolute atomic E-state index is 0.0730. The molecule has 1 atom stereocenters. The van der Waals surface area contributed by atoms with Crippen LogP contribution in [-0.4, -0.2) is 65.4 Å². The Morgan fingerprint density at radius 3 is 2.58 bits per heavy atom. The van der Waals surface area contributed by atoms with E-state index in [1.807, 2.05) is 54.6 Å². The molecule has 1 aromatic heterocycles. The van der Waals surface area contributed by atoms with Gasteiger partial charge in [-0.25, -0.2) is 9.97 Å². The molecule has 0 bridgehead atoms. The van der Waals surface area contributed by atoms with E-state index in [2.05, 4.69) is 51.2 Å². The van der Waals surface area contributed by atoms with Crippen molar-refractivity contribution in [2.24, 2.45) is 0 Å². The largest absolute Gasteiger partial charge is 0.368 e. The molecule has 0 radical (unpaired) electrons. The van der Waals surface area contributed by atoms with E-state index in [0.717, 1.165) is 65.9 Å². The Kier molecular flexibility index (Phi) is 6.93. The lowest BCUT2D eigenvalue weighted by Crippen LogP contribution is -2.47. The molecular formula is C29H32N6O. The van der Waals surface area contributed by atoms with Crippen molar-refractivity contribution >= 4 is 22.8 Å². The van der Waals surface area contributed by atoms with Crippen LogP contribution < -0.4 is 11.1 Å². The van der Waals surface area contributed by atoms with Crippen LogP contribution in [0.25, 0.3) is 22.0 Å². The second-order valence-electron chi connectivity index (χ2n) is 9.57. The van der Waals surface area contributed by atoms with Crippen molar-refractivity contribution in [1.82, 2.24) is 25.1 Å². The van der Waals surface area contributed by atoms with Gasteiger partial charge in [-0.3, -0.25) is 9.69 Å². The summed E-state index contributed by atoms with van der Waals surface area (Å²) in [5.41, 5.74) is 11.4. The molecule has 36 heavy (non-hydrogen) atoms. The number of nitrogens with one attached hydrogen (secondary N) is 1. The zero-order valence-corrected chi connectivity index (χ0v) is 20.8. The molecule has 3 N–H and O–H groups in total. The Hall–Kier alpha value is -3.81. The van der Waals surface area contributed by atoms with E-state index in [0.29, 0.717) is 5.56 Å². The molecule has 1 aliphatic heterocycles. The number of hydrogen-bond donors (Lipinski definition) is 2. The number of carbonyl (C=O) groups is 1. The van der Waals surface area contributed by atoms with Gasteiger partial charge < -0.3 is 16.0 Å². The van der Waals surface area contributed by atoms with Crippen LogP contribution in [0.1, 0.15) is 27.5 Å². The minimum Gasteiger partial charge on any atom is -0.368 e. The second kappa shape index (κ2) is 10.4. The zero-order chi connectivity index (χ0) is 25.1. The molecule has 3 aromatic carbocycles. The molecule has 1 amide bonds. The van der Waals surface area contributed by atoms with Crippen molar-refractivity contribution in [2.75, 3.05) is 45.5 Å². The van der Waals surface area contributed by atoms with Gasteiger partial charge in [0.15, 0.2) is 0 Å². The summed E-state index contributed by atoms with van der Waals surface area (Å²) in [6, 6.07) is 22.0. The number of nitrogen functional groups attached to an aromatic ring is 1. The predicted octanol–water partition coefficient (Wildman–Crippen LogP) is 3.91. The van der Waals surface area contributed by atoms with Crippen LogP contribution in [-0.2, 0) is 0 Å². The highest BCUT2D eigenvalue weighted by Gasteiger charge is 2.22. The van der Waals surface area contributed by atoms with Gasteiger partial charge >= 0.3 is 0 Å². The number of amides is 1. The highest BCUT2D eigenvalue weighted by molar-refractivity contribution is 5.96. The molecule has 184 valence electrons. The summed E-state index contributed by atoms with van der Waals surface area (Å²) in [7, 11) is 2.15. The van der Waals surface area contributed by atoms with Gasteiger partial charge in [0.25, 0.3) is 5.91 Å². The summed E-state index contributed by atoms with van der Waals surface area (Å²) in [6.45, 7) is 6.93. The highest BCUT2D eigenvalue weighted by Crippen LogP contribution is 2.28. The molecule has 7 heteroatoms. The Morgan fingerprint density at radius 1 is 1.03 bits per heavy atom. The fourth-order valence-corrected chi connectivity index (χ4v) is 4.74. The molecule has 1 aliphatic rings. The molecule has 2 heterocycles. The lowest BCUT2D eigenvalue weighted by Gasteiger charge is -2.35. The third-order valence-corrected chi connectivity index (χ3v) is 6.95. The molecule has 5 rings (SSSR count). The van der Waals surface area contributed by atoms with Crippen LogP contribution in [0, 0.1) is 6.92 Å². The van der Waals surface area contributed by atoms with Gasteiger partial charge in [0, 0.05) is 49.9 Å². The van der Waals surface area contributed by atoms with Crippen LogP contribution in [0.2, 0.25) is 0 Å². The smallest absolute Gasteiger partial charge is 0.251 e.